The Bertz CT molecular complexity index is 605. The Kier molecular flexibility index (Phi) is 4.73. The van der Waals surface area contributed by atoms with E-state index in [1.54, 1.807) is 17.5 Å². The molecule has 19 heavy (non-hydrogen) atoms. The summed E-state index contributed by atoms with van der Waals surface area (Å²) in [7, 11) is 0. The topological polar surface area (TPSA) is 50.2 Å². The zero-order valence-electron chi connectivity index (χ0n) is 9.81. The van der Waals surface area contributed by atoms with Gasteiger partial charge in [-0.3, -0.25) is 0 Å². The van der Waals surface area contributed by atoms with Gasteiger partial charge in [-0.05, 0) is 19.1 Å². The second-order valence-electron chi connectivity index (χ2n) is 3.76. The van der Waals surface area contributed by atoms with E-state index in [-0.39, 0.29) is 0 Å². The van der Waals surface area contributed by atoms with Gasteiger partial charge < -0.3 is 5.11 Å². The van der Waals surface area contributed by atoms with Crippen molar-refractivity contribution in [3.8, 4) is 0 Å². The van der Waals surface area contributed by atoms with E-state index < -0.39 is 5.97 Å². The molecule has 0 amide bonds. The number of thiophene rings is 1. The number of aromatic carboxylic acids is 1. The third kappa shape index (κ3) is 3.63. The van der Waals surface area contributed by atoms with Gasteiger partial charge >= 0.3 is 5.97 Å². The smallest absolute Gasteiger partial charge is 0.345 e. The van der Waals surface area contributed by atoms with E-state index in [0.29, 0.717) is 20.8 Å². The van der Waals surface area contributed by atoms with Gasteiger partial charge in [-0.1, -0.05) is 23.2 Å². The maximum Gasteiger partial charge on any atom is 0.345 e. The van der Waals surface area contributed by atoms with Crippen LogP contribution < -0.4 is 0 Å². The average Bonchev–Trinajstić information content (AvgIpc) is 2.76. The Morgan fingerprint density at radius 2 is 2.21 bits per heavy atom. The number of thioether (sulfide) groups is 1. The molecule has 0 aliphatic heterocycles. The molecular weight excluding hydrogens is 325 g/mol. The second kappa shape index (κ2) is 6.13. The summed E-state index contributed by atoms with van der Waals surface area (Å²) in [5.41, 5.74) is 1.54. The molecule has 0 atom stereocenters. The van der Waals surface area contributed by atoms with Gasteiger partial charge in [-0.25, -0.2) is 9.78 Å². The first-order valence-corrected chi connectivity index (χ1v) is 7.85. The molecule has 7 heteroatoms. The molecule has 0 radical (unpaired) electrons. The minimum Gasteiger partial charge on any atom is -0.477 e. The van der Waals surface area contributed by atoms with Crippen LogP contribution in [0.1, 0.15) is 20.9 Å². The summed E-state index contributed by atoms with van der Waals surface area (Å²) in [5.74, 6) is -0.356. The molecule has 2 aromatic rings. The van der Waals surface area contributed by atoms with Gasteiger partial charge in [-0.15, -0.1) is 23.1 Å². The van der Waals surface area contributed by atoms with Crippen LogP contribution in [0.2, 0.25) is 10.2 Å². The molecule has 0 saturated heterocycles. The lowest BCUT2D eigenvalue weighted by atomic mass is 10.3. The van der Waals surface area contributed by atoms with Crippen molar-refractivity contribution >= 4 is 52.3 Å². The van der Waals surface area contributed by atoms with E-state index in [4.69, 9.17) is 28.3 Å². The number of rotatable bonds is 4. The molecule has 2 heterocycles. The predicted octanol–water partition coefficient (Wildman–Crippen LogP) is 4.75. The zero-order chi connectivity index (χ0) is 14.0. The summed E-state index contributed by atoms with van der Waals surface area (Å²) in [6, 6.07) is 3.40. The van der Waals surface area contributed by atoms with Crippen molar-refractivity contribution in [3.63, 3.8) is 0 Å². The normalized spacial score (nSPS) is 10.7. The Balaban J connectivity index is 2.12. The van der Waals surface area contributed by atoms with Crippen LogP contribution in [0, 0.1) is 6.92 Å². The molecule has 0 fully saturated rings. The zero-order valence-corrected chi connectivity index (χ0v) is 13.0. The summed E-state index contributed by atoms with van der Waals surface area (Å²) >= 11 is 14.9. The van der Waals surface area contributed by atoms with Gasteiger partial charge in [0, 0.05) is 32.3 Å². The molecule has 0 aliphatic rings. The Labute approximate surface area is 128 Å². The van der Waals surface area contributed by atoms with E-state index >= 15 is 0 Å². The molecule has 2 aromatic heterocycles. The Hall–Kier alpha value is -0.750. The van der Waals surface area contributed by atoms with E-state index in [0.717, 1.165) is 16.2 Å². The first kappa shape index (κ1) is 14.7. The summed E-state index contributed by atoms with van der Waals surface area (Å²) in [5, 5.41) is 11.6. The number of hydrogen-bond acceptors (Lipinski definition) is 4. The van der Waals surface area contributed by atoms with Crippen molar-refractivity contribution < 1.29 is 9.90 Å². The Morgan fingerprint density at radius 3 is 2.79 bits per heavy atom. The number of pyridine rings is 1. The molecule has 100 valence electrons. The molecule has 0 bridgehead atoms. The predicted molar refractivity (Wildman–Crippen MR) is 79.8 cm³/mol. The molecule has 0 aliphatic carbocycles. The van der Waals surface area contributed by atoms with Crippen LogP contribution in [0.4, 0.5) is 0 Å². The molecule has 0 spiro atoms. The molecule has 1 N–H and O–H groups in total. The van der Waals surface area contributed by atoms with Crippen LogP contribution in [0.3, 0.4) is 0 Å². The van der Waals surface area contributed by atoms with Gasteiger partial charge in [0.2, 0.25) is 0 Å². The van der Waals surface area contributed by atoms with Gasteiger partial charge in [0.25, 0.3) is 0 Å². The fourth-order valence-electron chi connectivity index (χ4n) is 1.41. The number of aryl methyl sites for hydroxylation is 1. The molecule has 0 unspecified atom stereocenters. The fourth-order valence-corrected chi connectivity index (χ4v) is 4.14. The maximum absolute atomic E-state index is 10.8. The van der Waals surface area contributed by atoms with Crippen molar-refractivity contribution in [1.29, 1.82) is 0 Å². The number of aromatic nitrogens is 1. The van der Waals surface area contributed by atoms with Gasteiger partial charge in [0.05, 0.1) is 0 Å². The number of carboxylic acids is 1. The van der Waals surface area contributed by atoms with Crippen LogP contribution in [0.25, 0.3) is 0 Å². The van der Waals surface area contributed by atoms with Crippen molar-refractivity contribution in [3.05, 3.63) is 43.8 Å². The first-order valence-electron chi connectivity index (χ1n) is 5.23. The third-order valence-corrected chi connectivity index (χ3v) is 5.04. The molecule has 0 saturated carbocycles. The van der Waals surface area contributed by atoms with Gasteiger partial charge in [-0.2, -0.15) is 0 Å². The highest BCUT2D eigenvalue weighted by atomic mass is 35.5. The van der Waals surface area contributed by atoms with E-state index in [9.17, 15) is 4.79 Å². The lowest BCUT2D eigenvalue weighted by Gasteiger charge is -2.06. The fraction of sp³-hybridized carbons (Fsp3) is 0.167. The minimum absolute atomic E-state index is 0.321. The Morgan fingerprint density at radius 1 is 1.47 bits per heavy atom. The number of carbonyl (C=O) groups is 1. The standard InChI is InChI=1S/C12H9Cl2NO2S2/c1-6-2-9(13)8(11(14)15-6)5-18-7-3-10(12(16)17)19-4-7/h2-4H,5H2,1H3,(H,16,17). The van der Waals surface area contributed by atoms with Crippen LogP contribution in [-0.4, -0.2) is 16.1 Å². The van der Waals surface area contributed by atoms with Crippen LogP contribution in [-0.2, 0) is 5.75 Å². The van der Waals surface area contributed by atoms with E-state index in [1.165, 1.54) is 23.1 Å². The number of hydrogen-bond donors (Lipinski definition) is 1. The summed E-state index contributed by atoms with van der Waals surface area (Å²) in [6.45, 7) is 1.83. The quantitative estimate of drug-likeness (QED) is 0.648. The number of halogens is 2. The van der Waals surface area contributed by atoms with Crippen molar-refractivity contribution in [1.82, 2.24) is 4.98 Å². The molecule has 2 rings (SSSR count). The van der Waals surface area contributed by atoms with Crippen molar-refractivity contribution in [2.75, 3.05) is 0 Å². The lowest BCUT2D eigenvalue weighted by molar-refractivity contribution is 0.0702. The SMILES string of the molecule is Cc1cc(Cl)c(CSc2csc(C(=O)O)c2)c(Cl)n1. The second-order valence-corrected chi connectivity index (χ2v) is 6.48. The number of nitrogens with zero attached hydrogens (tertiary/aromatic N) is 1. The average molecular weight is 334 g/mol. The van der Waals surface area contributed by atoms with Crippen molar-refractivity contribution in [2.45, 2.75) is 17.6 Å². The molecule has 3 nitrogen and oxygen atoms in total. The number of carboxylic acid groups (broad SMARTS) is 1. The summed E-state index contributed by atoms with van der Waals surface area (Å²) in [4.78, 5) is 16.1. The van der Waals surface area contributed by atoms with Crippen LogP contribution in [0.5, 0.6) is 0 Å². The highest BCUT2D eigenvalue weighted by Gasteiger charge is 2.11. The molecule has 0 aromatic carbocycles. The highest BCUT2D eigenvalue weighted by molar-refractivity contribution is 7.98. The monoisotopic (exact) mass is 333 g/mol. The van der Waals surface area contributed by atoms with Gasteiger partial charge in [0.15, 0.2) is 0 Å². The lowest BCUT2D eigenvalue weighted by Crippen LogP contribution is -1.91. The minimum atomic E-state index is -0.912. The van der Waals surface area contributed by atoms with Crippen LogP contribution in [0.15, 0.2) is 22.4 Å². The highest BCUT2D eigenvalue weighted by Crippen LogP contribution is 2.33. The third-order valence-electron chi connectivity index (χ3n) is 2.32. The largest absolute Gasteiger partial charge is 0.477 e. The van der Waals surface area contributed by atoms with Crippen molar-refractivity contribution in [2.24, 2.45) is 0 Å². The molecular formula is C12H9Cl2NO2S2. The summed E-state index contributed by atoms with van der Waals surface area (Å²) < 4.78 is 0. The van der Waals surface area contributed by atoms with E-state index in [1.807, 2.05) is 6.92 Å². The van der Waals surface area contributed by atoms with Crippen LogP contribution >= 0.6 is 46.3 Å². The first-order chi connectivity index (χ1) is 8.97. The van der Waals surface area contributed by atoms with E-state index in [2.05, 4.69) is 4.98 Å². The summed E-state index contributed by atoms with van der Waals surface area (Å²) in [6.07, 6.45) is 0. The van der Waals surface area contributed by atoms with Gasteiger partial charge in [0.1, 0.15) is 10.0 Å². The maximum atomic E-state index is 10.8.